The fourth-order valence-corrected chi connectivity index (χ4v) is 3.47. The number of hydrogen-bond acceptors (Lipinski definition) is 4. The Morgan fingerprint density at radius 1 is 1.36 bits per heavy atom. The Bertz CT molecular complexity index is 652. The zero-order valence-corrected chi connectivity index (χ0v) is 15.2. The summed E-state index contributed by atoms with van der Waals surface area (Å²) in [5.74, 6) is 0.865. The van der Waals surface area contributed by atoms with Crippen LogP contribution in [0, 0.1) is 0 Å². The Morgan fingerprint density at radius 2 is 2.20 bits per heavy atom. The van der Waals surface area contributed by atoms with Crippen molar-refractivity contribution < 1.29 is 14.3 Å². The largest absolute Gasteiger partial charge is 0.490 e. The predicted octanol–water partition coefficient (Wildman–Crippen LogP) is 2.06. The lowest BCUT2D eigenvalue weighted by Crippen LogP contribution is -2.49. The molecular weight excluding hydrogens is 342 g/mol. The second-order valence-electron chi connectivity index (χ2n) is 6.58. The van der Waals surface area contributed by atoms with Gasteiger partial charge in [0.2, 0.25) is 11.8 Å². The van der Waals surface area contributed by atoms with Gasteiger partial charge in [0, 0.05) is 30.6 Å². The summed E-state index contributed by atoms with van der Waals surface area (Å²) >= 11 is 6.06. The quantitative estimate of drug-likeness (QED) is 0.867. The van der Waals surface area contributed by atoms with Gasteiger partial charge < -0.3 is 19.9 Å². The molecule has 0 unspecified atom stereocenters. The third-order valence-corrected chi connectivity index (χ3v) is 4.94. The predicted molar refractivity (Wildman–Crippen MR) is 97.2 cm³/mol. The van der Waals surface area contributed by atoms with Crippen LogP contribution in [0.4, 0.5) is 5.69 Å². The minimum atomic E-state index is -0.0656. The van der Waals surface area contributed by atoms with Gasteiger partial charge >= 0.3 is 0 Å². The average Bonchev–Trinajstić information content (AvgIpc) is 2.60. The maximum atomic E-state index is 12.3. The van der Waals surface area contributed by atoms with Crippen molar-refractivity contribution in [3.05, 3.63) is 23.2 Å². The van der Waals surface area contributed by atoms with Gasteiger partial charge in [-0.3, -0.25) is 9.59 Å². The smallest absolute Gasteiger partial charge is 0.239 e. The molecule has 1 aromatic rings. The minimum absolute atomic E-state index is 0.0168. The third kappa shape index (κ3) is 4.37. The number of anilines is 1. The van der Waals surface area contributed by atoms with Crippen molar-refractivity contribution in [2.75, 3.05) is 37.7 Å². The van der Waals surface area contributed by atoms with Crippen LogP contribution in [0.25, 0.3) is 0 Å². The van der Waals surface area contributed by atoms with Crippen molar-refractivity contribution in [1.29, 1.82) is 0 Å². The Kier molecular flexibility index (Phi) is 5.68. The highest BCUT2D eigenvalue weighted by molar-refractivity contribution is 6.31. The SMILES string of the molecule is C[C@@H](CNC(=O)CN1CCOc2ccc(Cl)cc21)N1CCCCC1=O. The monoisotopic (exact) mass is 365 g/mol. The van der Waals surface area contributed by atoms with E-state index in [1.165, 1.54) is 0 Å². The van der Waals surface area contributed by atoms with Crippen LogP contribution in [0.5, 0.6) is 5.75 Å². The Labute approximate surface area is 153 Å². The van der Waals surface area contributed by atoms with Crippen LogP contribution in [0.3, 0.4) is 0 Å². The molecule has 2 aliphatic heterocycles. The summed E-state index contributed by atoms with van der Waals surface area (Å²) in [4.78, 5) is 28.1. The number of piperidine rings is 1. The number of hydrogen-bond donors (Lipinski definition) is 1. The van der Waals surface area contributed by atoms with Crippen molar-refractivity contribution >= 4 is 29.1 Å². The summed E-state index contributed by atoms with van der Waals surface area (Å²) in [6.07, 6.45) is 2.62. The van der Waals surface area contributed by atoms with Gasteiger partial charge in [0.05, 0.1) is 18.8 Å². The molecule has 0 radical (unpaired) electrons. The first kappa shape index (κ1) is 17.9. The maximum Gasteiger partial charge on any atom is 0.239 e. The van der Waals surface area contributed by atoms with Gasteiger partial charge in [-0.05, 0) is 38.0 Å². The first-order valence-electron chi connectivity index (χ1n) is 8.78. The molecule has 7 heteroatoms. The van der Waals surface area contributed by atoms with E-state index in [2.05, 4.69) is 5.32 Å². The standard InChI is InChI=1S/C18H24ClN3O3/c1-13(22-7-3-2-4-18(22)24)11-20-17(23)12-21-8-9-25-16-6-5-14(19)10-15(16)21/h5-6,10,13H,2-4,7-9,11-12H2,1H3,(H,20,23)/t13-/m0/s1. The minimum Gasteiger partial charge on any atom is -0.490 e. The van der Waals surface area contributed by atoms with Crippen LogP contribution in [-0.2, 0) is 9.59 Å². The molecule has 6 nitrogen and oxygen atoms in total. The van der Waals surface area contributed by atoms with E-state index in [-0.39, 0.29) is 24.4 Å². The number of ether oxygens (including phenoxy) is 1. The average molecular weight is 366 g/mol. The Balaban J connectivity index is 1.53. The fraction of sp³-hybridized carbons (Fsp3) is 0.556. The Hall–Kier alpha value is -1.95. The molecule has 3 rings (SSSR count). The van der Waals surface area contributed by atoms with Crippen molar-refractivity contribution in [2.45, 2.75) is 32.2 Å². The number of nitrogens with zero attached hydrogens (tertiary/aromatic N) is 2. The van der Waals surface area contributed by atoms with Gasteiger partial charge in [-0.2, -0.15) is 0 Å². The van der Waals surface area contributed by atoms with E-state index in [4.69, 9.17) is 16.3 Å². The maximum absolute atomic E-state index is 12.3. The van der Waals surface area contributed by atoms with Gasteiger partial charge in [-0.1, -0.05) is 11.6 Å². The number of rotatable bonds is 5. The zero-order chi connectivity index (χ0) is 17.8. The molecular formula is C18H24ClN3O3. The van der Waals surface area contributed by atoms with E-state index in [0.29, 0.717) is 31.1 Å². The summed E-state index contributed by atoms with van der Waals surface area (Å²) in [7, 11) is 0. The van der Waals surface area contributed by atoms with Crippen LogP contribution >= 0.6 is 11.6 Å². The van der Waals surface area contributed by atoms with Crippen molar-refractivity contribution in [2.24, 2.45) is 0 Å². The number of fused-ring (bicyclic) bond motifs is 1. The summed E-state index contributed by atoms with van der Waals surface area (Å²) in [5, 5.41) is 3.56. The number of carbonyl (C=O) groups excluding carboxylic acids is 2. The van der Waals surface area contributed by atoms with Gasteiger partial charge in [0.15, 0.2) is 0 Å². The molecule has 1 aromatic carbocycles. The lowest BCUT2D eigenvalue weighted by molar-refractivity contribution is -0.135. The molecule has 0 aromatic heterocycles. The van der Waals surface area contributed by atoms with Gasteiger partial charge in [0.25, 0.3) is 0 Å². The Morgan fingerprint density at radius 3 is 3.00 bits per heavy atom. The summed E-state index contributed by atoms with van der Waals surface area (Å²) in [6, 6.07) is 5.44. The molecule has 1 N–H and O–H groups in total. The molecule has 0 bridgehead atoms. The molecule has 2 amide bonds. The number of benzene rings is 1. The van der Waals surface area contributed by atoms with Gasteiger partial charge in [-0.15, -0.1) is 0 Å². The summed E-state index contributed by atoms with van der Waals surface area (Å²) < 4.78 is 5.60. The zero-order valence-electron chi connectivity index (χ0n) is 14.5. The fourth-order valence-electron chi connectivity index (χ4n) is 3.30. The van der Waals surface area contributed by atoms with Crippen molar-refractivity contribution in [3.8, 4) is 5.75 Å². The number of amides is 2. The molecule has 0 aliphatic carbocycles. The van der Waals surface area contributed by atoms with E-state index in [1.807, 2.05) is 28.9 Å². The van der Waals surface area contributed by atoms with E-state index < -0.39 is 0 Å². The topological polar surface area (TPSA) is 61.9 Å². The second-order valence-corrected chi connectivity index (χ2v) is 7.02. The van der Waals surface area contributed by atoms with Crippen LogP contribution < -0.4 is 15.0 Å². The highest BCUT2D eigenvalue weighted by Crippen LogP contribution is 2.33. The number of nitrogens with one attached hydrogen (secondary N) is 1. The number of halogens is 1. The molecule has 0 saturated carbocycles. The van der Waals surface area contributed by atoms with Crippen LogP contribution in [-0.4, -0.2) is 55.5 Å². The van der Waals surface area contributed by atoms with Crippen molar-refractivity contribution in [1.82, 2.24) is 10.2 Å². The van der Waals surface area contributed by atoms with Gasteiger partial charge in [-0.25, -0.2) is 0 Å². The summed E-state index contributed by atoms with van der Waals surface area (Å²) in [6.45, 7) is 4.66. The first-order chi connectivity index (χ1) is 12.0. The molecule has 0 spiro atoms. The van der Waals surface area contributed by atoms with Crippen molar-refractivity contribution in [3.63, 3.8) is 0 Å². The van der Waals surface area contributed by atoms with Crippen LogP contribution in [0.2, 0.25) is 5.02 Å². The molecule has 1 saturated heterocycles. The highest BCUT2D eigenvalue weighted by Gasteiger charge is 2.24. The number of carbonyl (C=O) groups is 2. The molecule has 1 atom stereocenters. The van der Waals surface area contributed by atoms with Gasteiger partial charge in [0.1, 0.15) is 12.4 Å². The normalized spacial score (nSPS) is 18.4. The van der Waals surface area contributed by atoms with E-state index in [1.54, 1.807) is 6.07 Å². The lowest BCUT2D eigenvalue weighted by atomic mass is 10.1. The molecule has 1 fully saturated rings. The highest BCUT2D eigenvalue weighted by atomic mass is 35.5. The first-order valence-corrected chi connectivity index (χ1v) is 9.16. The molecule has 2 aliphatic rings. The third-order valence-electron chi connectivity index (χ3n) is 4.70. The lowest BCUT2D eigenvalue weighted by Gasteiger charge is -2.33. The van der Waals surface area contributed by atoms with E-state index in [9.17, 15) is 9.59 Å². The molecule has 2 heterocycles. The molecule has 136 valence electrons. The molecule has 25 heavy (non-hydrogen) atoms. The number of likely N-dealkylation sites (tertiary alicyclic amines) is 1. The van der Waals surface area contributed by atoms with E-state index >= 15 is 0 Å². The second kappa shape index (κ2) is 7.95. The summed E-state index contributed by atoms with van der Waals surface area (Å²) in [5.41, 5.74) is 0.841. The van der Waals surface area contributed by atoms with E-state index in [0.717, 1.165) is 30.8 Å². The van der Waals surface area contributed by atoms with Crippen LogP contribution in [0.15, 0.2) is 18.2 Å². The van der Waals surface area contributed by atoms with Crippen LogP contribution in [0.1, 0.15) is 26.2 Å².